The Morgan fingerprint density at radius 1 is 1.13 bits per heavy atom. The van der Waals surface area contributed by atoms with Gasteiger partial charge in [-0.25, -0.2) is 8.78 Å². The third-order valence-corrected chi connectivity index (χ3v) is 4.10. The topological polar surface area (TPSA) is 67.8 Å². The van der Waals surface area contributed by atoms with Gasteiger partial charge in [-0.2, -0.15) is 13.2 Å². The number of benzene rings is 2. The van der Waals surface area contributed by atoms with Crippen molar-refractivity contribution >= 4 is 29.5 Å². The van der Waals surface area contributed by atoms with Gasteiger partial charge in [-0.05, 0) is 24.3 Å². The van der Waals surface area contributed by atoms with E-state index in [9.17, 15) is 31.5 Å². The summed E-state index contributed by atoms with van der Waals surface area (Å²) in [5.41, 5.74) is -1.82. The Bertz CT molecular complexity index is 1100. The molecule has 1 amide bonds. The minimum absolute atomic E-state index is 0.00816. The van der Waals surface area contributed by atoms with E-state index in [1.165, 1.54) is 6.21 Å². The summed E-state index contributed by atoms with van der Waals surface area (Å²) in [6, 6.07) is 3.26. The lowest BCUT2D eigenvalue weighted by atomic mass is 10.1. The second kappa shape index (κ2) is 8.23. The van der Waals surface area contributed by atoms with Gasteiger partial charge in [0.15, 0.2) is 17.3 Å². The van der Waals surface area contributed by atoms with Crippen LogP contribution in [0.5, 0.6) is 11.5 Å². The zero-order valence-corrected chi connectivity index (χ0v) is 15.4. The molecule has 0 aliphatic carbocycles. The third kappa shape index (κ3) is 4.82. The number of allylic oxidation sites excluding steroid dienone is 1. The van der Waals surface area contributed by atoms with Crippen LogP contribution in [0.1, 0.15) is 15.9 Å². The van der Waals surface area contributed by atoms with Crippen molar-refractivity contribution in [3.63, 3.8) is 0 Å². The molecule has 1 aliphatic heterocycles. The van der Waals surface area contributed by atoms with E-state index in [-0.39, 0.29) is 12.2 Å². The van der Waals surface area contributed by atoms with E-state index < -0.39 is 57.1 Å². The minimum Gasteiger partial charge on any atom is -0.453 e. The van der Waals surface area contributed by atoms with Gasteiger partial charge in [0.1, 0.15) is 18.1 Å². The zero-order chi connectivity index (χ0) is 22.1. The lowest BCUT2D eigenvalue weighted by molar-refractivity contribution is -0.137. The largest absolute Gasteiger partial charge is 0.453 e. The Morgan fingerprint density at radius 2 is 1.87 bits per heavy atom. The molecule has 0 bridgehead atoms. The molecule has 156 valence electrons. The number of ketones is 1. The Hall–Kier alpha value is -3.27. The molecule has 0 fully saturated rings. The van der Waals surface area contributed by atoms with E-state index in [2.05, 4.69) is 10.3 Å². The second-order valence-corrected chi connectivity index (χ2v) is 6.40. The number of dihydropyridines is 1. The van der Waals surface area contributed by atoms with E-state index in [1.54, 1.807) is 0 Å². The summed E-state index contributed by atoms with van der Waals surface area (Å²) in [5.74, 6) is -4.82. The van der Waals surface area contributed by atoms with Gasteiger partial charge in [-0.3, -0.25) is 14.6 Å². The van der Waals surface area contributed by atoms with Crippen LogP contribution in [0.2, 0.25) is 5.02 Å². The highest BCUT2D eigenvalue weighted by molar-refractivity contribution is 6.32. The van der Waals surface area contributed by atoms with Crippen molar-refractivity contribution in [3.8, 4) is 11.5 Å². The first kappa shape index (κ1) is 21.4. The molecule has 0 radical (unpaired) electrons. The SMILES string of the molecule is O=C1C=C(NC(=O)c2cc(Cl)c(C(F)(F)F)cc2Oc2ccc(F)cc2F)C=NC1. The molecule has 5 nitrogen and oxygen atoms in total. The number of ether oxygens (including phenoxy) is 1. The predicted octanol–water partition coefficient (Wildman–Crippen LogP) is 4.70. The zero-order valence-electron chi connectivity index (χ0n) is 14.7. The number of hydrogen-bond donors (Lipinski definition) is 1. The van der Waals surface area contributed by atoms with Crippen LogP contribution in [0.15, 0.2) is 47.1 Å². The Kier molecular flexibility index (Phi) is 5.88. The fourth-order valence-electron chi connectivity index (χ4n) is 2.47. The summed E-state index contributed by atoms with van der Waals surface area (Å²) >= 11 is 5.68. The number of rotatable bonds is 4. The van der Waals surface area contributed by atoms with Crippen LogP contribution in [0.3, 0.4) is 0 Å². The summed E-state index contributed by atoms with van der Waals surface area (Å²) in [7, 11) is 0. The summed E-state index contributed by atoms with van der Waals surface area (Å²) in [4.78, 5) is 27.7. The van der Waals surface area contributed by atoms with Gasteiger partial charge in [0.05, 0.1) is 21.8 Å². The van der Waals surface area contributed by atoms with Crippen molar-refractivity contribution in [2.45, 2.75) is 6.18 Å². The van der Waals surface area contributed by atoms with Crippen molar-refractivity contribution in [1.82, 2.24) is 5.32 Å². The van der Waals surface area contributed by atoms with E-state index in [0.717, 1.165) is 18.2 Å². The number of nitrogens with one attached hydrogen (secondary N) is 1. The molecular formula is C19H10ClF5N2O3. The molecule has 0 saturated carbocycles. The van der Waals surface area contributed by atoms with Crippen LogP contribution < -0.4 is 10.1 Å². The van der Waals surface area contributed by atoms with E-state index in [1.807, 2.05) is 0 Å². The molecule has 11 heteroatoms. The maximum atomic E-state index is 13.9. The number of halogens is 6. The Morgan fingerprint density at radius 3 is 2.50 bits per heavy atom. The summed E-state index contributed by atoms with van der Waals surface area (Å²) in [6.45, 7) is -0.107. The molecule has 3 rings (SSSR count). The van der Waals surface area contributed by atoms with Gasteiger partial charge in [-0.1, -0.05) is 11.6 Å². The van der Waals surface area contributed by atoms with Crippen molar-refractivity contribution < 1.29 is 36.3 Å². The average molecular weight is 445 g/mol. The standard InChI is InChI=1S/C19H10ClF5N2O3/c20-14-5-12(18(29)27-10-4-11(28)8-26-7-10)17(6-13(14)19(23,24)25)30-16-2-1-9(21)3-15(16)22/h1-7H,8H2,(H,27,29). The molecule has 30 heavy (non-hydrogen) atoms. The first-order chi connectivity index (χ1) is 14.0. The van der Waals surface area contributed by atoms with Crippen LogP contribution in [0.25, 0.3) is 0 Å². The number of carbonyl (C=O) groups is 2. The second-order valence-electron chi connectivity index (χ2n) is 5.99. The predicted molar refractivity (Wildman–Crippen MR) is 96.8 cm³/mol. The molecule has 1 aliphatic rings. The van der Waals surface area contributed by atoms with Crippen LogP contribution >= 0.6 is 11.6 Å². The van der Waals surface area contributed by atoms with Gasteiger partial charge in [-0.15, -0.1) is 0 Å². The number of alkyl halides is 3. The van der Waals surface area contributed by atoms with Gasteiger partial charge in [0, 0.05) is 18.4 Å². The van der Waals surface area contributed by atoms with E-state index >= 15 is 0 Å². The lowest BCUT2D eigenvalue weighted by Crippen LogP contribution is -2.27. The highest BCUT2D eigenvalue weighted by Gasteiger charge is 2.35. The smallest absolute Gasteiger partial charge is 0.417 e. The molecule has 2 aromatic rings. The van der Waals surface area contributed by atoms with E-state index in [0.29, 0.717) is 18.2 Å². The molecule has 0 saturated heterocycles. The normalized spacial score (nSPS) is 13.8. The highest BCUT2D eigenvalue weighted by Crippen LogP contribution is 2.40. The van der Waals surface area contributed by atoms with E-state index in [4.69, 9.17) is 16.3 Å². The monoisotopic (exact) mass is 444 g/mol. The van der Waals surface area contributed by atoms with Gasteiger partial charge < -0.3 is 10.1 Å². The first-order valence-electron chi connectivity index (χ1n) is 8.14. The molecule has 1 N–H and O–H groups in total. The molecule has 0 atom stereocenters. The number of hydrogen-bond acceptors (Lipinski definition) is 4. The summed E-state index contributed by atoms with van der Waals surface area (Å²) < 4.78 is 71.8. The number of aliphatic imine (C=N–C) groups is 1. The van der Waals surface area contributed by atoms with Crippen LogP contribution in [-0.4, -0.2) is 24.4 Å². The number of nitrogens with zero attached hydrogens (tertiary/aromatic N) is 1. The van der Waals surface area contributed by atoms with Gasteiger partial charge in [0.2, 0.25) is 0 Å². The lowest BCUT2D eigenvalue weighted by Gasteiger charge is -2.17. The van der Waals surface area contributed by atoms with Crippen LogP contribution in [0.4, 0.5) is 22.0 Å². The average Bonchev–Trinajstić information content (AvgIpc) is 2.64. The third-order valence-electron chi connectivity index (χ3n) is 3.78. The van der Waals surface area contributed by atoms with Crippen molar-refractivity contribution in [3.05, 3.63) is 69.9 Å². The van der Waals surface area contributed by atoms with Crippen LogP contribution in [-0.2, 0) is 11.0 Å². The molecule has 0 aromatic heterocycles. The molecule has 2 aromatic carbocycles. The Labute approximate surface area is 170 Å². The minimum atomic E-state index is -4.89. The number of carbonyl (C=O) groups excluding carboxylic acids is 2. The molecule has 0 unspecified atom stereocenters. The molecule has 1 heterocycles. The fourth-order valence-corrected chi connectivity index (χ4v) is 2.74. The summed E-state index contributed by atoms with van der Waals surface area (Å²) in [6.07, 6.45) is -2.63. The Balaban J connectivity index is 2.04. The van der Waals surface area contributed by atoms with Gasteiger partial charge >= 0.3 is 6.18 Å². The van der Waals surface area contributed by atoms with Crippen LogP contribution in [0, 0.1) is 11.6 Å². The first-order valence-corrected chi connectivity index (χ1v) is 8.52. The quantitative estimate of drug-likeness (QED) is 0.695. The van der Waals surface area contributed by atoms with Crippen molar-refractivity contribution in [1.29, 1.82) is 0 Å². The maximum absolute atomic E-state index is 13.9. The van der Waals surface area contributed by atoms with Gasteiger partial charge in [0.25, 0.3) is 5.91 Å². The maximum Gasteiger partial charge on any atom is 0.417 e. The molecular weight excluding hydrogens is 435 g/mol. The number of amides is 1. The highest BCUT2D eigenvalue weighted by atomic mass is 35.5. The van der Waals surface area contributed by atoms with Crippen molar-refractivity contribution in [2.75, 3.05) is 6.54 Å². The summed E-state index contributed by atoms with van der Waals surface area (Å²) in [5, 5.41) is 1.48. The fraction of sp³-hybridized carbons (Fsp3) is 0.105. The van der Waals surface area contributed by atoms with Crippen molar-refractivity contribution in [2.24, 2.45) is 4.99 Å². The molecule has 0 spiro atoms.